The standard InChI is InChI=1S/C18H16F3N7O/c19-18(20,21)13-2-1-3-14(10-13)26-6-8-27(9-7-26)17(29)15-4-5-16(25-24-15)28-12-22-11-23-28/h1-5,10-12H,6-9H2. The molecule has 1 aliphatic rings. The number of carbonyl (C=O) groups is 1. The van der Waals surface area contributed by atoms with Gasteiger partial charge < -0.3 is 9.80 Å². The Labute approximate surface area is 163 Å². The minimum absolute atomic E-state index is 0.196. The number of benzene rings is 1. The zero-order valence-corrected chi connectivity index (χ0v) is 15.1. The van der Waals surface area contributed by atoms with Crippen LogP contribution in [0.15, 0.2) is 49.1 Å². The highest BCUT2D eigenvalue weighted by Crippen LogP contribution is 2.31. The minimum Gasteiger partial charge on any atom is -0.368 e. The van der Waals surface area contributed by atoms with Crippen molar-refractivity contribution in [3.8, 4) is 5.82 Å². The van der Waals surface area contributed by atoms with E-state index in [2.05, 4.69) is 20.3 Å². The fraction of sp³-hybridized carbons (Fsp3) is 0.278. The molecule has 0 spiro atoms. The second kappa shape index (κ2) is 7.49. The van der Waals surface area contributed by atoms with E-state index in [0.29, 0.717) is 37.7 Å². The Morgan fingerprint density at radius 3 is 2.41 bits per heavy atom. The van der Waals surface area contributed by atoms with Crippen molar-refractivity contribution in [1.82, 2.24) is 29.9 Å². The van der Waals surface area contributed by atoms with Gasteiger partial charge in [0, 0.05) is 31.9 Å². The molecular weight excluding hydrogens is 387 g/mol. The fourth-order valence-corrected chi connectivity index (χ4v) is 3.10. The highest BCUT2D eigenvalue weighted by molar-refractivity contribution is 5.92. The summed E-state index contributed by atoms with van der Waals surface area (Å²) in [6.45, 7) is 1.61. The van der Waals surface area contributed by atoms with Crippen LogP contribution < -0.4 is 4.90 Å². The molecular formula is C18H16F3N7O. The van der Waals surface area contributed by atoms with Gasteiger partial charge in [0.15, 0.2) is 11.5 Å². The number of amides is 1. The van der Waals surface area contributed by atoms with Crippen LogP contribution in [0.2, 0.25) is 0 Å². The van der Waals surface area contributed by atoms with Crippen molar-refractivity contribution >= 4 is 11.6 Å². The number of halogens is 3. The summed E-state index contributed by atoms with van der Waals surface area (Å²) in [7, 11) is 0. The maximum absolute atomic E-state index is 12.9. The summed E-state index contributed by atoms with van der Waals surface area (Å²) >= 11 is 0. The third kappa shape index (κ3) is 4.03. The average Bonchev–Trinajstić information content (AvgIpc) is 3.28. The van der Waals surface area contributed by atoms with Crippen LogP contribution in [0.4, 0.5) is 18.9 Å². The molecule has 1 aliphatic heterocycles. The van der Waals surface area contributed by atoms with Crippen molar-refractivity contribution in [2.75, 3.05) is 31.1 Å². The summed E-state index contributed by atoms with van der Waals surface area (Å²) in [4.78, 5) is 19.9. The van der Waals surface area contributed by atoms with E-state index in [9.17, 15) is 18.0 Å². The first-order valence-corrected chi connectivity index (χ1v) is 8.82. The summed E-state index contributed by atoms with van der Waals surface area (Å²) < 4.78 is 40.2. The molecule has 2 aromatic heterocycles. The quantitative estimate of drug-likeness (QED) is 0.666. The van der Waals surface area contributed by atoms with Crippen LogP contribution in [0.3, 0.4) is 0 Å². The number of rotatable bonds is 3. The van der Waals surface area contributed by atoms with E-state index in [1.54, 1.807) is 23.1 Å². The third-order valence-electron chi connectivity index (χ3n) is 4.63. The van der Waals surface area contributed by atoms with E-state index in [0.717, 1.165) is 12.1 Å². The zero-order chi connectivity index (χ0) is 20.4. The summed E-state index contributed by atoms with van der Waals surface area (Å²) in [6.07, 6.45) is -1.55. The van der Waals surface area contributed by atoms with Crippen LogP contribution in [0.1, 0.15) is 16.1 Å². The number of anilines is 1. The Balaban J connectivity index is 1.40. The molecule has 29 heavy (non-hydrogen) atoms. The minimum atomic E-state index is -4.38. The molecule has 0 atom stereocenters. The summed E-state index contributed by atoms with van der Waals surface area (Å²) in [5, 5.41) is 11.9. The highest BCUT2D eigenvalue weighted by atomic mass is 19.4. The third-order valence-corrected chi connectivity index (χ3v) is 4.63. The lowest BCUT2D eigenvalue weighted by Crippen LogP contribution is -2.49. The first-order valence-electron chi connectivity index (χ1n) is 8.82. The first kappa shape index (κ1) is 18.8. The fourth-order valence-electron chi connectivity index (χ4n) is 3.10. The molecule has 150 valence electrons. The van der Waals surface area contributed by atoms with Crippen LogP contribution >= 0.6 is 0 Å². The molecule has 3 heterocycles. The number of hydrogen-bond donors (Lipinski definition) is 0. The Kier molecular flexibility index (Phi) is 4.87. The smallest absolute Gasteiger partial charge is 0.368 e. The van der Waals surface area contributed by atoms with Crippen LogP contribution in [-0.2, 0) is 6.18 Å². The molecule has 0 unspecified atom stereocenters. The van der Waals surface area contributed by atoms with Crippen molar-refractivity contribution in [1.29, 1.82) is 0 Å². The van der Waals surface area contributed by atoms with Gasteiger partial charge in [-0.2, -0.15) is 18.3 Å². The topological polar surface area (TPSA) is 80.0 Å². The Morgan fingerprint density at radius 2 is 1.79 bits per heavy atom. The molecule has 1 saturated heterocycles. The van der Waals surface area contributed by atoms with Gasteiger partial charge >= 0.3 is 6.18 Å². The van der Waals surface area contributed by atoms with E-state index in [4.69, 9.17) is 0 Å². The van der Waals surface area contributed by atoms with Crippen LogP contribution in [0, 0.1) is 0 Å². The van der Waals surface area contributed by atoms with Gasteiger partial charge in [-0.05, 0) is 30.3 Å². The second-order valence-electron chi connectivity index (χ2n) is 6.44. The van der Waals surface area contributed by atoms with Crippen molar-refractivity contribution in [2.45, 2.75) is 6.18 Å². The molecule has 11 heteroatoms. The predicted molar refractivity (Wildman–Crippen MR) is 96.5 cm³/mol. The Bertz CT molecular complexity index is 981. The summed E-state index contributed by atoms with van der Waals surface area (Å²) in [5.74, 6) is 0.166. The van der Waals surface area contributed by atoms with Gasteiger partial charge in [-0.3, -0.25) is 4.79 Å². The number of carbonyl (C=O) groups excluding carboxylic acids is 1. The largest absolute Gasteiger partial charge is 0.416 e. The highest BCUT2D eigenvalue weighted by Gasteiger charge is 2.31. The molecule has 1 aromatic carbocycles. The van der Waals surface area contributed by atoms with Gasteiger partial charge in [-0.1, -0.05) is 6.07 Å². The number of nitrogens with zero attached hydrogens (tertiary/aromatic N) is 7. The molecule has 0 bridgehead atoms. The first-order chi connectivity index (χ1) is 13.9. The van der Waals surface area contributed by atoms with E-state index < -0.39 is 11.7 Å². The molecule has 0 aliphatic carbocycles. The van der Waals surface area contributed by atoms with E-state index in [-0.39, 0.29) is 11.6 Å². The predicted octanol–water partition coefficient (Wildman–Crippen LogP) is 2.04. The summed E-state index contributed by atoms with van der Waals surface area (Å²) in [6, 6.07) is 8.39. The average molecular weight is 403 g/mol. The van der Waals surface area contributed by atoms with Gasteiger partial charge in [0.05, 0.1) is 5.56 Å². The monoisotopic (exact) mass is 403 g/mol. The number of hydrogen-bond acceptors (Lipinski definition) is 6. The van der Waals surface area contributed by atoms with Crippen molar-refractivity contribution in [3.05, 3.63) is 60.3 Å². The molecule has 3 aromatic rings. The Morgan fingerprint density at radius 1 is 1.00 bits per heavy atom. The lowest BCUT2D eigenvalue weighted by molar-refractivity contribution is -0.137. The summed E-state index contributed by atoms with van der Waals surface area (Å²) in [5.41, 5.74) is 0.00142. The van der Waals surface area contributed by atoms with E-state index in [1.165, 1.54) is 23.4 Å². The van der Waals surface area contributed by atoms with Gasteiger partial charge in [-0.25, -0.2) is 9.67 Å². The zero-order valence-electron chi connectivity index (χ0n) is 15.1. The van der Waals surface area contributed by atoms with Crippen LogP contribution in [0.5, 0.6) is 0 Å². The second-order valence-corrected chi connectivity index (χ2v) is 6.44. The number of piperazine rings is 1. The molecule has 1 fully saturated rings. The van der Waals surface area contributed by atoms with Crippen LogP contribution in [0.25, 0.3) is 5.82 Å². The van der Waals surface area contributed by atoms with Gasteiger partial charge in [0.1, 0.15) is 12.7 Å². The van der Waals surface area contributed by atoms with Crippen molar-refractivity contribution < 1.29 is 18.0 Å². The maximum Gasteiger partial charge on any atom is 0.416 e. The lowest BCUT2D eigenvalue weighted by Gasteiger charge is -2.36. The molecule has 0 N–H and O–H groups in total. The normalized spacial score (nSPS) is 14.9. The van der Waals surface area contributed by atoms with Crippen molar-refractivity contribution in [3.63, 3.8) is 0 Å². The Hall–Kier alpha value is -3.50. The van der Waals surface area contributed by atoms with Crippen LogP contribution in [-0.4, -0.2) is 61.9 Å². The number of alkyl halides is 3. The maximum atomic E-state index is 12.9. The van der Waals surface area contributed by atoms with Gasteiger partial charge in [-0.15, -0.1) is 10.2 Å². The molecule has 0 saturated carbocycles. The molecule has 4 rings (SSSR count). The molecule has 1 amide bonds. The van der Waals surface area contributed by atoms with Gasteiger partial charge in [0.2, 0.25) is 0 Å². The molecule has 8 nitrogen and oxygen atoms in total. The van der Waals surface area contributed by atoms with E-state index >= 15 is 0 Å². The van der Waals surface area contributed by atoms with Crippen molar-refractivity contribution in [2.24, 2.45) is 0 Å². The number of aromatic nitrogens is 5. The van der Waals surface area contributed by atoms with Gasteiger partial charge in [0.25, 0.3) is 5.91 Å². The SMILES string of the molecule is O=C(c1ccc(-n2cncn2)nn1)N1CCN(c2cccc(C(F)(F)F)c2)CC1. The molecule has 0 radical (unpaired) electrons. The lowest BCUT2D eigenvalue weighted by atomic mass is 10.1. The van der Waals surface area contributed by atoms with E-state index in [1.807, 2.05) is 4.90 Å².